The average molecular weight is 352 g/mol. The summed E-state index contributed by atoms with van der Waals surface area (Å²) in [6.45, 7) is 4.50. The van der Waals surface area contributed by atoms with E-state index in [-0.39, 0.29) is 5.56 Å². The standard InChI is InChI=1S/C19H24N6O/c1-14-5-3-9-25-16(12-22-17(14)25)11-21-15-6-4-8-24(13-15)18-19(26)23(2)10-7-20-18/h3,5,7,9-10,12,15,21H,4,6,8,11,13H2,1-2H3/t15-/m0/s1. The molecule has 136 valence electrons. The van der Waals surface area contributed by atoms with Gasteiger partial charge in [0.25, 0.3) is 5.56 Å². The third kappa shape index (κ3) is 3.10. The zero-order valence-corrected chi connectivity index (χ0v) is 15.2. The molecule has 26 heavy (non-hydrogen) atoms. The van der Waals surface area contributed by atoms with Gasteiger partial charge in [-0.05, 0) is 31.4 Å². The molecular formula is C19H24N6O. The summed E-state index contributed by atoms with van der Waals surface area (Å²) in [6, 6.07) is 4.45. The van der Waals surface area contributed by atoms with Gasteiger partial charge in [-0.25, -0.2) is 9.97 Å². The molecule has 1 atom stereocenters. The van der Waals surface area contributed by atoms with Crippen LogP contribution in [0, 0.1) is 6.92 Å². The van der Waals surface area contributed by atoms with E-state index in [1.54, 1.807) is 24.0 Å². The maximum Gasteiger partial charge on any atom is 0.293 e. The Morgan fingerprint density at radius 3 is 3.08 bits per heavy atom. The third-order valence-corrected chi connectivity index (χ3v) is 5.10. The summed E-state index contributed by atoms with van der Waals surface area (Å²) in [5.74, 6) is 0.548. The van der Waals surface area contributed by atoms with Gasteiger partial charge in [-0.3, -0.25) is 4.79 Å². The fraction of sp³-hybridized carbons (Fsp3) is 0.421. The number of hydrogen-bond donors (Lipinski definition) is 1. The second-order valence-electron chi connectivity index (χ2n) is 6.97. The van der Waals surface area contributed by atoms with Crippen molar-refractivity contribution in [3.8, 4) is 0 Å². The van der Waals surface area contributed by atoms with Gasteiger partial charge >= 0.3 is 0 Å². The first-order valence-corrected chi connectivity index (χ1v) is 9.05. The Morgan fingerprint density at radius 1 is 1.31 bits per heavy atom. The molecule has 0 radical (unpaired) electrons. The van der Waals surface area contributed by atoms with Gasteiger partial charge in [-0.15, -0.1) is 0 Å². The normalized spacial score (nSPS) is 17.8. The molecule has 3 aromatic heterocycles. The number of hydrogen-bond acceptors (Lipinski definition) is 5. The lowest BCUT2D eigenvalue weighted by Crippen LogP contribution is -2.47. The van der Waals surface area contributed by atoms with Gasteiger partial charge in [0.2, 0.25) is 0 Å². The highest BCUT2D eigenvalue weighted by Gasteiger charge is 2.23. The summed E-state index contributed by atoms with van der Waals surface area (Å²) in [7, 11) is 1.76. The summed E-state index contributed by atoms with van der Waals surface area (Å²) in [6.07, 6.45) is 9.51. The van der Waals surface area contributed by atoms with Crippen molar-refractivity contribution in [1.29, 1.82) is 0 Å². The molecule has 0 bridgehead atoms. The van der Waals surface area contributed by atoms with Crippen LogP contribution in [0.2, 0.25) is 0 Å². The molecule has 0 aromatic carbocycles. The number of nitrogens with zero attached hydrogens (tertiary/aromatic N) is 5. The second-order valence-corrected chi connectivity index (χ2v) is 6.97. The molecule has 7 heteroatoms. The first-order chi connectivity index (χ1) is 12.6. The van der Waals surface area contributed by atoms with Gasteiger partial charge < -0.3 is 19.2 Å². The summed E-state index contributed by atoms with van der Waals surface area (Å²) in [5, 5.41) is 3.63. The van der Waals surface area contributed by atoms with Crippen molar-refractivity contribution < 1.29 is 0 Å². The minimum Gasteiger partial charge on any atom is -0.350 e. The van der Waals surface area contributed by atoms with Crippen molar-refractivity contribution in [2.75, 3.05) is 18.0 Å². The van der Waals surface area contributed by atoms with Crippen LogP contribution in [0.3, 0.4) is 0 Å². The van der Waals surface area contributed by atoms with Gasteiger partial charge in [0.1, 0.15) is 5.65 Å². The molecule has 0 amide bonds. The summed E-state index contributed by atoms with van der Waals surface area (Å²) < 4.78 is 3.72. The fourth-order valence-electron chi connectivity index (χ4n) is 3.62. The molecule has 7 nitrogen and oxygen atoms in total. The molecule has 1 saturated heterocycles. The first-order valence-electron chi connectivity index (χ1n) is 9.05. The number of rotatable bonds is 4. The average Bonchev–Trinajstić information content (AvgIpc) is 3.07. The third-order valence-electron chi connectivity index (χ3n) is 5.10. The van der Waals surface area contributed by atoms with Gasteiger partial charge in [-0.1, -0.05) is 6.07 Å². The molecule has 4 heterocycles. The lowest BCUT2D eigenvalue weighted by molar-refractivity contribution is 0.416. The molecule has 1 N–H and O–H groups in total. The highest BCUT2D eigenvalue weighted by molar-refractivity contribution is 5.48. The molecule has 1 aliphatic heterocycles. The van der Waals surface area contributed by atoms with E-state index < -0.39 is 0 Å². The maximum absolute atomic E-state index is 12.3. The summed E-state index contributed by atoms with van der Waals surface area (Å²) >= 11 is 0. The van der Waals surface area contributed by atoms with E-state index >= 15 is 0 Å². The molecule has 3 aromatic rings. The van der Waals surface area contributed by atoms with Crippen LogP contribution in [-0.4, -0.2) is 38.1 Å². The Morgan fingerprint density at radius 2 is 2.19 bits per heavy atom. The number of aromatic nitrogens is 4. The van der Waals surface area contributed by atoms with Gasteiger partial charge in [-0.2, -0.15) is 0 Å². The Balaban J connectivity index is 1.46. The SMILES string of the molecule is Cc1cccn2c(CN[C@H]3CCCN(c4nccn(C)c4=O)C3)cnc12. The van der Waals surface area contributed by atoms with E-state index in [1.165, 1.54) is 5.56 Å². The smallest absolute Gasteiger partial charge is 0.293 e. The van der Waals surface area contributed by atoms with E-state index in [0.717, 1.165) is 43.8 Å². The van der Waals surface area contributed by atoms with E-state index in [9.17, 15) is 4.79 Å². The van der Waals surface area contributed by atoms with E-state index in [1.807, 2.05) is 12.3 Å². The first kappa shape index (κ1) is 16.8. The fourth-order valence-corrected chi connectivity index (χ4v) is 3.62. The topological polar surface area (TPSA) is 67.5 Å². The van der Waals surface area contributed by atoms with E-state index in [2.05, 4.69) is 43.8 Å². The van der Waals surface area contributed by atoms with Crippen molar-refractivity contribution >= 4 is 11.5 Å². The molecular weight excluding hydrogens is 328 g/mol. The van der Waals surface area contributed by atoms with Crippen molar-refractivity contribution in [3.05, 3.63) is 58.5 Å². The van der Waals surface area contributed by atoms with Crippen LogP contribution >= 0.6 is 0 Å². The Hall–Kier alpha value is -2.67. The van der Waals surface area contributed by atoms with Gasteiger partial charge in [0.05, 0.1) is 11.9 Å². The number of aryl methyl sites for hydroxylation is 2. The van der Waals surface area contributed by atoms with Crippen LogP contribution < -0.4 is 15.8 Å². The summed E-state index contributed by atoms with van der Waals surface area (Å²) in [4.78, 5) is 23.3. The van der Waals surface area contributed by atoms with Crippen LogP contribution in [0.25, 0.3) is 5.65 Å². The Labute approximate surface area is 152 Å². The van der Waals surface area contributed by atoms with Crippen molar-refractivity contribution in [2.24, 2.45) is 7.05 Å². The number of anilines is 1. The van der Waals surface area contributed by atoms with Crippen LogP contribution in [0.4, 0.5) is 5.82 Å². The van der Waals surface area contributed by atoms with E-state index in [0.29, 0.717) is 11.9 Å². The quantitative estimate of drug-likeness (QED) is 0.771. The largest absolute Gasteiger partial charge is 0.350 e. The number of fused-ring (bicyclic) bond motifs is 1. The van der Waals surface area contributed by atoms with Crippen LogP contribution in [0.5, 0.6) is 0 Å². The van der Waals surface area contributed by atoms with Crippen molar-refractivity contribution in [3.63, 3.8) is 0 Å². The Kier molecular flexibility index (Phi) is 4.46. The zero-order valence-electron chi connectivity index (χ0n) is 15.2. The van der Waals surface area contributed by atoms with Gasteiger partial charge in [0, 0.05) is 51.3 Å². The number of pyridine rings is 1. The predicted octanol–water partition coefficient (Wildman–Crippen LogP) is 1.50. The van der Waals surface area contributed by atoms with Crippen LogP contribution in [-0.2, 0) is 13.6 Å². The molecule has 0 spiro atoms. The second kappa shape index (κ2) is 6.92. The monoisotopic (exact) mass is 352 g/mol. The summed E-state index contributed by atoms with van der Waals surface area (Å²) in [5.41, 5.74) is 3.29. The minimum atomic E-state index is -0.0367. The van der Waals surface area contributed by atoms with Crippen molar-refractivity contribution in [1.82, 2.24) is 24.3 Å². The predicted molar refractivity (Wildman–Crippen MR) is 101 cm³/mol. The highest BCUT2D eigenvalue weighted by atomic mass is 16.1. The lowest BCUT2D eigenvalue weighted by atomic mass is 10.1. The van der Waals surface area contributed by atoms with Crippen LogP contribution in [0.15, 0.2) is 41.7 Å². The highest BCUT2D eigenvalue weighted by Crippen LogP contribution is 2.16. The Bertz CT molecular complexity index is 976. The van der Waals surface area contributed by atoms with Crippen LogP contribution in [0.1, 0.15) is 24.1 Å². The molecule has 1 fully saturated rings. The molecule has 0 aliphatic carbocycles. The van der Waals surface area contributed by atoms with E-state index in [4.69, 9.17) is 0 Å². The molecule has 0 saturated carbocycles. The number of imidazole rings is 1. The number of nitrogens with one attached hydrogen (secondary N) is 1. The zero-order chi connectivity index (χ0) is 18.1. The number of piperidine rings is 1. The van der Waals surface area contributed by atoms with Crippen molar-refractivity contribution in [2.45, 2.75) is 32.4 Å². The van der Waals surface area contributed by atoms with Gasteiger partial charge in [0.15, 0.2) is 5.82 Å². The molecule has 0 unspecified atom stereocenters. The lowest BCUT2D eigenvalue weighted by Gasteiger charge is -2.33. The molecule has 4 rings (SSSR count). The molecule has 1 aliphatic rings. The maximum atomic E-state index is 12.3. The minimum absolute atomic E-state index is 0.0367.